The van der Waals surface area contributed by atoms with Gasteiger partial charge in [-0.25, -0.2) is 0 Å². The maximum absolute atomic E-state index is 12.9. The van der Waals surface area contributed by atoms with Gasteiger partial charge in [-0.3, -0.25) is 14.4 Å². The van der Waals surface area contributed by atoms with Crippen molar-refractivity contribution in [3.05, 3.63) is 48.6 Å². The van der Waals surface area contributed by atoms with Gasteiger partial charge in [0.1, 0.15) is 13.2 Å². The lowest BCUT2D eigenvalue weighted by atomic mass is 10.0. The Hall–Kier alpha value is -2.63. The van der Waals surface area contributed by atoms with E-state index in [-0.39, 0.29) is 31.1 Å². The Balaban J connectivity index is 4.11. The molecule has 0 bridgehead atoms. The lowest BCUT2D eigenvalue weighted by Gasteiger charge is -2.18. The molecule has 0 spiro atoms. The van der Waals surface area contributed by atoms with Crippen LogP contribution >= 0.6 is 0 Å². The molecule has 0 rings (SSSR count). The van der Waals surface area contributed by atoms with Crippen LogP contribution in [0.2, 0.25) is 0 Å². The second-order valence-corrected chi connectivity index (χ2v) is 24.5. The highest BCUT2D eigenvalue weighted by molar-refractivity contribution is 5.71. The summed E-state index contributed by atoms with van der Waals surface area (Å²) in [5, 5.41) is 0. The van der Waals surface area contributed by atoms with Gasteiger partial charge >= 0.3 is 17.9 Å². The summed E-state index contributed by atoms with van der Waals surface area (Å²) in [5.74, 6) is -0.852. The Morgan fingerprint density at radius 3 is 0.704 bits per heavy atom. The van der Waals surface area contributed by atoms with Crippen LogP contribution in [0.15, 0.2) is 48.6 Å². The summed E-state index contributed by atoms with van der Waals surface area (Å²) in [7, 11) is 0. The van der Waals surface area contributed by atoms with Crippen molar-refractivity contribution >= 4 is 17.9 Å². The summed E-state index contributed by atoms with van der Waals surface area (Å²) in [4.78, 5) is 38.3. The first-order valence-electron chi connectivity index (χ1n) is 36.1. The quantitative estimate of drug-likeness (QED) is 0.0261. The van der Waals surface area contributed by atoms with E-state index in [1.165, 1.54) is 283 Å². The molecule has 6 heteroatoms. The van der Waals surface area contributed by atoms with E-state index in [2.05, 4.69) is 69.4 Å². The Morgan fingerprint density at radius 2 is 0.444 bits per heavy atom. The Bertz CT molecular complexity index is 1400. The van der Waals surface area contributed by atoms with Gasteiger partial charge in [-0.2, -0.15) is 0 Å². The molecule has 1 atom stereocenters. The third-order valence-corrected chi connectivity index (χ3v) is 16.3. The van der Waals surface area contributed by atoms with E-state index in [9.17, 15) is 14.4 Å². The second kappa shape index (κ2) is 69.9. The van der Waals surface area contributed by atoms with E-state index in [0.29, 0.717) is 19.3 Å². The van der Waals surface area contributed by atoms with Crippen LogP contribution in [0.1, 0.15) is 393 Å². The van der Waals surface area contributed by atoms with E-state index in [4.69, 9.17) is 14.2 Å². The zero-order valence-corrected chi connectivity index (χ0v) is 54.6. The van der Waals surface area contributed by atoms with Gasteiger partial charge in [0.2, 0.25) is 0 Å². The molecule has 0 radical (unpaired) electrons. The van der Waals surface area contributed by atoms with Gasteiger partial charge in [0.25, 0.3) is 0 Å². The van der Waals surface area contributed by atoms with Crippen LogP contribution in [0.5, 0.6) is 0 Å². The Kier molecular flexibility index (Phi) is 67.6. The van der Waals surface area contributed by atoms with E-state index >= 15 is 0 Å². The summed E-state index contributed by atoms with van der Waals surface area (Å²) in [6.07, 6.45) is 88.8. The number of esters is 3. The van der Waals surface area contributed by atoms with Crippen LogP contribution in [0.3, 0.4) is 0 Å². The maximum atomic E-state index is 12.9. The van der Waals surface area contributed by atoms with Gasteiger partial charge in [-0.05, 0) is 83.5 Å². The van der Waals surface area contributed by atoms with Crippen molar-refractivity contribution in [2.24, 2.45) is 0 Å². The van der Waals surface area contributed by atoms with Crippen molar-refractivity contribution in [2.75, 3.05) is 13.2 Å². The van der Waals surface area contributed by atoms with Crippen LogP contribution in [-0.2, 0) is 28.6 Å². The largest absolute Gasteiger partial charge is 0.462 e. The summed E-state index contributed by atoms with van der Waals surface area (Å²) in [6.45, 7) is 6.67. The normalized spacial score (nSPS) is 12.3. The highest BCUT2D eigenvalue weighted by Gasteiger charge is 2.19. The molecule has 0 saturated carbocycles. The molecule has 0 saturated heterocycles. The molecule has 0 heterocycles. The minimum atomic E-state index is -0.773. The van der Waals surface area contributed by atoms with Gasteiger partial charge in [0.15, 0.2) is 6.10 Å². The fraction of sp³-hybridized carbons (Fsp3) is 0.853. The first kappa shape index (κ1) is 78.4. The van der Waals surface area contributed by atoms with Crippen molar-refractivity contribution in [1.29, 1.82) is 0 Å². The van der Waals surface area contributed by atoms with Crippen LogP contribution < -0.4 is 0 Å². The molecule has 6 nitrogen and oxygen atoms in total. The van der Waals surface area contributed by atoms with Gasteiger partial charge in [-0.1, -0.05) is 339 Å². The minimum Gasteiger partial charge on any atom is -0.462 e. The highest BCUT2D eigenvalue weighted by atomic mass is 16.6. The lowest BCUT2D eigenvalue weighted by Crippen LogP contribution is -2.30. The summed E-state index contributed by atoms with van der Waals surface area (Å²) >= 11 is 0. The lowest BCUT2D eigenvalue weighted by molar-refractivity contribution is -0.167. The molecular formula is C75H138O6. The minimum absolute atomic E-state index is 0.0699. The molecule has 0 N–H and O–H groups in total. The topological polar surface area (TPSA) is 78.9 Å². The average molecular weight is 1140 g/mol. The fourth-order valence-electron chi connectivity index (χ4n) is 10.9. The van der Waals surface area contributed by atoms with Crippen LogP contribution in [-0.4, -0.2) is 37.2 Å². The number of rotatable bonds is 67. The predicted octanol–water partition coefficient (Wildman–Crippen LogP) is 24.9. The van der Waals surface area contributed by atoms with Gasteiger partial charge < -0.3 is 14.2 Å². The van der Waals surface area contributed by atoms with Crippen molar-refractivity contribution in [2.45, 2.75) is 399 Å². The molecule has 0 amide bonds. The van der Waals surface area contributed by atoms with Crippen LogP contribution in [0.4, 0.5) is 0 Å². The first-order chi connectivity index (χ1) is 40.0. The van der Waals surface area contributed by atoms with E-state index < -0.39 is 6.10 Å². The standard InChI is InChI=1S/C75H138O6/c1-4-7-10-13-16-19-21-23-25-27-29-31-33-35-36-37-38-40-41-43-45-47-49-51-53-56-59-62-65-68-74(77)80-71-72(70-79-73(76)67-64-61-58-55-18-15-12-9-6-3)81-75(78)69-66-63-60-57-54-52-50-48-46-44-42-39-34-32-30-28-26-24-22-20-17-14-11-8-5-2/h22,24,27-30,34,39,72H,4-21,23,25-26,31-33,35-38,40-71H2,1-3H3/b24-22-,29-27-,30-28-,39-34-. The predicted molar refractivity (Wildman–Crippen MR) is 353 cm³/mol. The SMILES string of the molecule is CCCCCCC/C=C\C/C=C\C/C=C\CCCCCCCCCCCCC(=O)OC(COC(=O)CCCCCCCCCCC)COC(=O)CCCCCCCCCCCCCCCCCCC/C=C\CCCCCCCCCC. The third-order valence-electron chi connectivity index (χ3n) is 16.3. The third kappa shape index (κ3) is 68.0. The molecular weight excluding hydrogens is 997 g/mol. The molecule has 0 aromatic heterocycles. The molecule has 0 aromatic rings. The first-order valence-corrected chi connectivity index (χ1v) is 36.1. The molecule has 1 unspecified atom stereocenters. The smallest absolute Gasteiger partial charge is 0.306 e. The number of hydrogen-bond acceptors (Lipinski definition) is 6. The molecule has 0 aromatic carbocycles. The maximum Gasteiger partial charge on any atom is 0.306 e. The van der Waals surface area contributed by atoms with Crippen molar-refractivity contribution in [3.8, 4) is 0 Å². The summed E-state index contributed by atoms with van der Waals surface area (Å²) in [6, 6.07) is 0. The molecule has 474 valence electrons. The van der Waals surface area contributed by atoms with E-state index in [1.807, 2.05) is 0 Å². The molecule has 0 aliphatic rings. The summed E-state index contributed by atoms with van der Waals surface area (Å²) < 4.78 is 16.9. The Morgan fingerprint density at radius 1 is 0.247 bits per heavy atom. The fourth-order valence-corrected chi connectivity index (χ4v) is 10.9. The number of hydrogen-bond donors (Lipinski definition) is 0. The number of ether oxygens (including phenoxy) is 3. The van der Waals surface area contributed by atoms with Crippen LogP contribution in [0, 0.1) is 0 Å². The number of carbonyl (C=O) groups is 3. The number of allylic oxidation sites excluding steroid dienone is 8. The second-order valence-electron chi connectivity index (χ2n) is 24.5. The van der Waals surface area contributed by atoms with Crippen molar-refractivity contribution in [1.82, 2.24) is 0 Å². The van der Waals surface area contributed by atoms with Crippen LogP contribution in [0.25, 0.3) is 0 Å². The number of unbranched alkanes of at least 4 members (excludes halogenated alkanes) is 48. The monoisotopic (exact) mass is 1140 g/mol. The van der Waals surface area contributed by atoms with Gasteiger partial charge in [0, 0.05) is 19.3 Å². The van der Waals surface area contributed by atoms with E-state index in [0.717, 1.165) is 70.6 Å². The average Bonchev–Trinajstić information content (AvgIpc) is 3.47. The molecule has 0 aliphatic heterocycles. The zero-order chi connectivity index (χ0) is 58.5. The zero-order valence-electron chi connectivity index (χ0n) is 54.6. The Labute approximate surface area is 505 Å². The molecule has 81 heavy (non-hydrogen) atoms. The molecule has 0 fully saturated rings. The summed E-state index contributed by atoms with van der Waals surface area (Å²) in [5.41, 5.74) is 0. The van der Waals surface area contributed by atoms with Crippen molar-refractivity contribution in [3.63, 3.8) is 0 Å². The molecule has 0 aliphatic carbocycles. The van der Waals surface area contributed by atoms with Gasteiger partial charge in [0.05, 0.1) is 0 Å². The van der Waals surface area contributed by atoms with E-state index in [1.54, 1.807) is 0 Å². The van der Waals surface area contributed by atoms with Gasteiger partial charge in [-0.15, -0.1) is 0 Å². The number of carbonyl (C=O) groups excluding carboxylic acids is 3. The van der Waals surface area contributed by atoms with Crippen molar-refractivity contribution < 1.29 is 28.6 Å². The highest BCUT2D eigenvalue weighted by Crippen LogP contribution is 2.18.